The molecule has 5 nitrogen and oxygen atoms in total. The molecule has 19 heavy (non-hydrogen) atoms. The van der Waals surface area contributed by atoms with Crippen LogP contribution in [0.5, 0.6) is 5.75 Å². The molecule has 0 saturated heterocycles. The van der Waals surface area contributed by atoms with Gasteiger partial charge in [0.25, 0.3) is 0 Å². The smallest absolute Gasteiger partial charge is 0.341 e. The Bertz CT molecular complexity index is 570. The number of pyridine rings is 2. The van der Waals surface area contributed by atoms with Crippen molar-refractivity contribution in [2.24, 2.45) is 0 Å². The van der Waals surface area contributed by atoms with Gasteiger partial charge in [-0.3, -0.25) is 9.97 Å². The summed E-state index contributed by atoms with van der Waals surface area (Å²) >= 11 is 0. The van der Waals surface area contributed by atoms with E-state index in [0.717, 1.165) is 11.4 Å². The van der Waals surface area contributed by atoms with Crippen LogP contribution in [-0.4, -0.2) is 27.7 Å². The summed E-state index contributed by atoms with van der Waals surface area (Å²) in [4.78, 5) is 19.2. The number of aromatic carboxylic acids is 1. The second-order valence-electron chi connectivity index (χ2n) is 4.05. The van der Waals surface area contributed by atoms with Crippen LogP contribution in [0.15, 0.2) is 36.7 Å². The van der Waals surface area contributed by atoms with Gasteiger partial charge in [0, 0.05) is 36.3 Å². The molecule has 2 aromatic rings. The van der Waals surface area contributed by atoms with Crippen LogP contribution in [0.25, 0.3) is 0 Å². The highest BCUT2D eigenvalue weighted by molar-refractivity contribution is 5.90. The van der Waals surface area contributed by atoms with Crippen molar-refractivity contribution in [3.05, 3.63) is 53.6 Å². The molecule has 0 amide bonds. The lowest BCUT2D eigenvalue weighted by Crippen LogP contribution is -2.08. The first-order chi connectivity index (χ1) is 9.16. The fourth-order valence-corrected chi connectivity index (χ4v) is 1.63. The van der Waals surface area contributed by atoms with E-state index in [1.807, 2.05) is 18.2 Å². The van der Waals surface area contributed by atoms with Crippen molar-refractivity contribution >= 4 is 5.97 Å². The van der Waals surface area contributed by atoms with Crippen LogP contribution in [0.3, 0.4) is 0 Å². The highest BCUT2D eigenvalue weighted by Crippen LogP contribution is 2.18. The maximum absolute atomic E-state index is 11.0. The standard InChI is InChI=1S/C14H14N2O3/c1-10-8-13(12(9-16-10)14(17)18)19-7-5-11-4-2-3-6-15-11/h2-4,6,8-9H,5,7H2,1H3,(H,17,18). The summed E-state index contributed by atoms with van der Waals surface area (Å²) in [5.74, 6) is -0.698. The average Bonchev–Trinajstić information content (AvgIpc) is 2.39. The molecule has 0 spiro atoms. The third kappa shape index (κ3) is 3.51. The molecule has 0 aliphatic carbocycles. The molecule has 0 aromatic carbocycles. The lowest BCUT2D eigenvalue weighted by atomic mass is 10.2. The summed E-state index contributed by atoms with van der Waals surface area (Å²) in [6.45, 7) is 2.16. The third-order valence-electron chi connectivity index (χ3n) is 2.58. The normalized spacial score (nSPS) is 10.2. The minimum atomic E-state index is -1.04. The summed E-state index contributed by atoms with van der Waals surface area (Å²) in [5.41, 5.74) is 1.70. The van der Waals surface area contributed by atoms with Crippen LogP contribution in [0, 0.1) is 6.92 Å². The summed E-state index contributed by atoms with van der Waals surface area (Å²) in [5, 5.41) is 9.04. The summed E-state index contributed by atoms with van der Waals surface area (Å²) in [6, 6.07) is 7.28. The molecule has 2 aromatic heterocycles. The van der Waals surface area contributed by atoms with Crippen molar-refractivity contribution in [3.8, 4) is 5.75 Å². The van der Waals surface area contributed by atoms with Crippen LogP contribution in [0.2, 0.25) is 0 Å². The number of ether oxygens (including phenoxy) is 1. The first kappa shape index (κ1) is 13.0. The van der Waals surface area contributed by atoms with Gasteiger partial charge in [0.2, 0.25) is 0 Å². The highest BCUT2D eigenvalue weighted by atomic mass is 16.5. The Morgan fingerprint density at radius 1 is 1.37 bits per heavy atom. The number of aromatic nitrogens is 2. The van der Waals surface area contributed by atoms with Gasteiger partial charge in [-0.25, -0.2) is 4.79 Å². The minimum absolute atomic E-state index is 0.0756. The van der Waals surface area contributed by atoms with Crippen LogP contribution < -0.4 is 4.74 Å². The monoisotopic (exact) mass is 258 g/mol. The van der Waals surface area contributed by atoms with Gasteiger partial charge in [-0.15, -0.1) is 0 Å². The maximum atomic E-state index is 11.0. The second-order valence-corrected chi connectivity index (χ2v) is 4.05. The molecule has 0 fully saturated rings. The van der Waals surface area contributed by atoms with Crippen molar-refractivity contribution in [1.29, 1.82) is 0 Å². The molecule has 0 unspecified atom stereocenters. The van der Waals surface area contributed by atoms with Gasteiger partial charge < -0.3 is 9.84 Å². The Hall–Kier alpha value is -2.43. The zero-order chi connectivity index (χ0) is 13.7. The molecule has 98 valence electrons. The second kappa shape index (κ2) is 5.95. The zero-order valence-corrected chi connectivity index (χ0v) is 10.5. The van der Waals surface area contributed by atoms with Crippen molar-refractivity contribution < 1.29 is 14.6 Å². The fraction of sp³-hybridized carbons (Fsp3) is 0.214. The van der Waals surface area contributed by atoms with Crippen LogP contribution in [0.1, 0.15) is 21.7 Å². The summed E-state index contributed by atoms with van der Waals surface area (Å²) in [7, 11) is 0. The molecular formula is C14H14N2O3. The summed E-state index contributed by atoms with van der Waals surface area (Å²) in [6.07, 6.45) is 3.66. The maximum Gasteiger partial charge on any atom is 0.341 e. The number of hydrogen-bond donors (Lipinski definition) is 1. The molecule has 2 heterocycles. The lowest BCUT2D eigenvalue weighted by Gasteiger charge is -2.09. The van der Waals surface area contributed by atoms with Crippen molar-refractivity contribution in [1.82, 2.24) is 9.97 Å². The van der Waals surface area contributed by atoms with E-state index in [2.05, 4.69) is 9.97 Å². The van der Waals surface area contributed by atoms with Crippen molar-refractivity contribution in [3.63, 3.8) is 0 Å². The Morgan fingerprint density at radius 2 is 2.21 bits per heavy atom. The SMILES string of the molecule is Cc1cc(OCCc2ccccn2)c(C(=O)O)cn1. The fourth-order valence-electron chi connectivity index (χ4n) is 1.63. The molecule has 0 bridgehead atoms. The van der Waals surface area contributed by atoms with E-state index in [-0.39, 0.29) is 5.56 Å². The van der Waals surface area contributed by atoms with Gasteiger partial charge in [0.1, 0.15) is 11.3 Å². The largest absolute Gasteiger partial charge is 0.492 e. The predicted octanol–water partition coefficient (Wildman–Crippen LogP) is 2.10. The van der Waals surface area contributed by atoms with Gasteiger partial charge in [-0.1, -0.05) is 6.07 Å². The Morgan fingerprint density at radius 3 is 2.89 bits per heavy atom. The van der Waals surface area contributed by atoms with Gasteiger partial charge in [-0.05, 0) is 19.1 Å². The molecule has 0 atom stereocenters. The van der Waals surface area contributed by atoms with Crippen LogP contribution in [0.4, 0.5) is 0 Å². The lowest BCUT2D eigenvalue weighted by molar-refractivity contribution is 0.0692. The van der Waals surface area contributed by atoms with E-state index < -0.39 is 5.97 Å². The quantitative estimate of drug-likeness (QED) is 0.889. The van der Waals surface area contributed by atoms with E-state index in [4.69, 9.17) is 9.84 Å². The molecule has 1 N–H and O–H groups in total. The van der Waals surface area contributed by atoms with Crippen molar-refractivity contribution in [2.45, 2.75) is 13.3 Å². The molecule has 2 rings (SSSR count). The number of carbonyl (C=O) groups is 1. The topological polar surface area (TPSA) is 72.3 Å². The number of aryl methyl sites for hydroxylation is 1. The van der Waals surface area contributed by atoms with Gasteiger partial charge in [0.05, 0.1) is 6.61 Å². The average molecular weight is 258 g/mol. The van der Waals surface area contributed by atoms with Crippen LogP contribution >= 0.6 is 0 Å². The Balaban J connectivity index is 2.03. The van der Waals surface area contributed by atoms with E-state index in [0.29, 0.717) is 18.8 Å². The summed E-state index contributed by atoms with van der Waals surface area (Å²) < 4.78 is 5.52. The number of nitrogens with zero attached hydrogens (tertiary/aromatic N) is 2. The highest BCUT2D eigenvalue weighted by Gasteiger charge is 2.12. The third-order valence-corrected chi connectivity index (χ3v) is 2.58. The van der Waals surface area contributed by atoms with E-state index in [9.17, 15) is 4.79 Å². The van der Waals surface area contributed by atoms with Gasteiger partial charge in [-0.2, -0.15) is 0 Å². The van der Waals surface area contributed by atoms with E-state index >= 15 is 0 Å². The molecule has 0 radical (unpaired) electrons. The van der Waals surface area contributed by atoms with E-state index in [1.54, 1.807) is 19.2 Å². The number of hydrogen-bond acceptors (Lipinski definition) is 4. The molecule has 0 aliphatic heterocycles. The van der Waals surface area contributed by atoms with E-state index in [1.165, 1.54) is 6.20 Å². The minimum Gasteiger partial charge on any atom is -0.492 e. The molecular weight excluding hydrogens is 244 g/mol. The van der Waals surface area contributed by atoms with Crippen molar-refractivity contribution in [2.75, 3.05) is 6.61 Å². The number of carboxylic acids is 1. The zero-order valence-electron chi connectivity index (χ0n) is 10.5. The molecule has 0 saturated carbocycles. The van der Waals surface area contributed by atoms with Gasteiger partial charge >= 0.3 is 5.97 Å². The molecule has 0 aliphatic rings. The molecule has 5 heteroatoms. The number of carboxylic acid groups (broad SMARTS) is 1. The van der Waals surface area contributed by atoms with Crippen LogP contribution in [-0.2, 0) is 6.42 Å². The first-order valence-electron chi connectivity index (χ1n) is 5.89. The predicted molar refractivity (Wildman–Crippen MR) is 69.4 cm³/mol. The Kier molecular flexibility index (Phi) is 4.07. The number of rotatable bonds is 5. The first-order valence-corrected chi connectivity index (χ1v) is 5.89. The Labute approximate surface area is 110 Å². The van der Waals surface area contributed by atoms with Gasteiger partial charge in [0.15, 0.2) is 0 Å².